The van der Waals surface area contributed by atoms with E-state index in [1.807, 2.05) is 6.92 Å². The van der Waals surface area contributed by atoms with Gasteiger partial charge in [0, 0.05) is 12.6 Å². The van der Waals surface area contributed by atoms with Crippen molar-refractivity contribution in [1.29, 1.82) is 0 Å². The molecule has 1 aliphatic rings. The predicted molar refractivity (Wildman–Crippen MR) is 72.3 cm³/mol. The highest BCUT2D eigenvalue weighted by Crippen LogP contribution is 2.25. The molecule has 1 aromatic carbocycles. The second-order valence-electron chi connectivity index (χ2n) is 4.81. The van der Waals surface area contributed by atoms with Crippen molar-refractivity contribution in [3.05, 3.63) is 39.7 Å². The van der Waals surface area contributed by atoms with E-state index in [9.17, 15) is 19.3 Å². The zero-order valence-corrected chi connectivity index (χ0v) is 11.4. The van der Waals surface area contributed by atoms with Gasteiger partial charge in [0.15, 0.2) is 0 Å². The van der Waals surface area contributed by atoms with Crippen molar-refractivity contribution in [3.63, 3.8) is 0 Å². The number of rotatable bonds is 5. The van der Waals surface area contributed by atoms with E-state index in [-0.39, 0.29) is 17.7 Å². The van der Waals surface area contributed by atoms with E-state index in [1.54, 1.807) is 0 Å². The molecule has 0 heterocycles. The van der Waals surface area contributed by atoms with E-state index in [2.05, 4.69) is 5.32 Å². The van der Waals surface area contributed by atoms with Crippen LogP contribution >= 0.6 is 0 Å². The SMILES string of the molecule is CCOC1CC(N)C1NC(=O)c1ccc(F)cc1[N+](=O)[O-]. The van der Waals surface area contributed by atoms with Gasteiger partial charge in [0.25, 0.3) is 11.6 Å². The van der Waals surface area contributed by atoms with Crippen LogP contribution in [0.1, 0.15) is 23.7 Å². The molecule has 0 spiro atoms. The number of halogens is 1. The van der Waals surface area contributed by atoms with Gasteiger partial charge >= 0.3 is 0 Å². The number of hydrogen-bond donors (Lipinski definition) is 2. The summed E-state index contributed by atoms with van der Waals surface area (Å²) in [6.07, 6.45) is 0.415. The van der Waals surface area contributed by atoms with Crippen molar-refractivity contribution in [2.45, 2.75) is 31.5 Å². The lowest BCUT2D eigenvalue weighted by atomic mass is 9.83. The molecule has 1 aromatic rings. The van der Waals surface area contributed by atoms with Crippen molar-refractivity contribution in [1.82, 2.24) is 5.32 Å². The van der Waals surface area contributed by atoms with Gasteiger partial charge in [-0.3, -0.25) is 14.9 Å². The molecule has 7 nitrogen and oxygen atoms in total. The summed E-state index contributed by atoms with van der Waals surface area (Å²) >= 11 is 0. The van der Waals surface area contributed by atoms with Crippen LogP contribution in [-0.4, -0.2) is 35.6 Å². The molecule has 3 N–H and O–H groups in total. The number of benzene rings is 1. The zero-order chi connectivity index (χ0) is 15.6. The molecule has 0 radical (unpaired) electrons. The molecule has 0 saturated heterocycles. The minimum Gasteiger partial charge on any atom is -0.376 e. The summed E-state index contributed by atoms with van der Waals surface area (Å²) in [6, 6.07) is 2.15. The Morgan fingerprint density at radius 1 is 1.62 bits per heavy atom. The number of carbonyl (C=O) groups is 1. The van der Waals surface area contributed by atoms with Crippen LogP contribution < -0.4 is 11.1 Å². The molecule has 3 unspecified atom stereocenters. The Balaban J connectivity index is 2.15. The van der Waals surface area contributed by atoms with Gasteiger partial charge in [-0.05, 0) is 25.5 Å². The molecular formula is C13H16FN3O4. The third-order valence-corrected chi connectivity index (χ3v) is 3.45. The van der Waals surface area contributed by atoms with Crippen LogP contribution in [0.5, 0.6) is 0 Å². The van der Waals surface area contributed by atoms with Gasteiger partial charge in [-0.2, -0.15) is 0 Å². The summed E-state index contributed by atoms with van der Waals surface area (Å²) in [6.45, 7) is 2.31. The van der Waals surface area contributed by atoms with E-state index < -0.39 is 28.4 Å². The van der Waals surface area contributed by atoms with E-state index >= 15 is 0 Å². The van der Waals surface area contributed by atoms with Crippen molar-refractivity contribution >= 4 is 11.6 Å². The Morgan fingerprint density at radius 2 is 2.33 bits per heavy atom. The highest BCUT2D eigenvalue weighted by Gasteiger charge is 2.41. The van der Waals surface area contributed by atoms with Crippen LogP contribution in [0.3, 0.4) is 0 Å². The van der Waals surface area contributed by atoms with Crippen LogP contribution in [0, 0.1) is 15.9 Å². The Hall–Kier alpha value is -2.06. The van der Waals surface area contributed by atoms with Crippen molar-refractivity contribution in [2.75, 3.05) is 6.61 Å². The fourth-order valence-corrected chi connectivity index (χ4v) is 2.30. The normalized spacial score (nSPS) is 24.2. The fraction of sp³-hybridized carbons (Fsp3) is 0.462. The number of carbonyl (C=O) groups excluding carboxylic acids is 1. The molecule has 3 atom stereocenters. The van der Waals surface area contributed by atoms with Gasteiger partial charge in [0.05, 0.1) is 23.1 Å². The number of ether oxygens (including phenoxy) is 1. The lowest BCUT2D eigenvalue weighted by Crippen LogP contribution is -2.64. The monoisotopic (exact) mass is 297 g/mol. The van der Waals surface area contributed by atoms with E-state index in [0.29, 0.717) is 13.0 Å². The van der Waals surface area contributed by atoms with Gasteiger partial charge in [0.2, 0.25) is 0 Å². The lowest BCUT2D eigenvalue weighted by Gasteiger charge is -2.42. The number of nitro benzene ring substituents is 1. The van der Waals surface area contributed by atoms with Crippen LogP contribution in [0.2, 0.25) is 0 Å². The summed E-state index contributed by atoms with van der Waals surface area (Å²) in [7, 11) is 0. The third kappa shape index (κ3) is 3.17. The maximum Gasteiger partial charge on any atom is 0.285 e. The van der Waals surface area contributed by atoms with Crippen LogP contribution in [-0.2, 0) is 4.74 Å². The third-order valence-electron chi connectivity index (χ3n) is 3.45. The second kappa shape index (κ2) is 6.15. The van der Waals surface area contributed by atoms with Gasteiger partial charge in [-0.15, -0.1) is 0 Å². The molecule has 1 saturated carbocycles. The zero-order valence-electron chi connectivity index (χ0n) is 11.4. The summed E-state index contributed by atoms with van der Waals surface area (Å²) in [5.41, 5.74) is 5.03. The molecule has 0 aliphatic heterocycles. The van der Waals surface area contributed by atoms with Gasteiger partial charge in [-0.1, -0.05) is 0 Å². The van der Waals surface area contributed by atoms with Gasteiger partial charge < -0.3 is 15.8 Å². The molecule has 0 bridgehead atoms. The minimum absolute atomic E-state index is 0.198. The molecule has 1 amide bonds. The molecule has 21 heavy (non-hydrogen) atoms. The first kappa shape index (κ1) is 15.3. The average molecular weight is 297 g/mol. The standard InChI is InChI=1S/C13H16FN3O4/c1-2-21-11-6-9(15)12(11)16-13(18)8-4-3-7(14)5-10(8)17(19)20/h3-5,9,11-12H,2,6,15H2,1H3,(H,16,18). The summed E-state index contributed by atoms with van der Waals surface area (Å²) in [5, 5.41) is 13.5. The predicted octanol–water partition coefficient (Wildman–Crippen LogP) is 0.968. The highest BCUT2D eigenvalue weighted by molar-refractivity contribution is 5.98. The first-order valence-electron chi connectivity index (χ1n) is 6.56. The van der Waals surface area contributed by atoms with Crippen molar-refractivity contribution in [2.24, 2.45) is 5.73 Å². The molecule has 8 heteroatoms. The topological polar surface area (TPSA) is 107 Å². The quantitative estimate of drug-likeness (QED) is 0.622. The van der Waals surface area contributed by atoms with E-state index in [4.69, 9.17) is 10.5 Å². The molecule has 2 rings (SSSR count). The van der Waals surface area contributed by atoms with Crippen LogP contribution in [0.15, 0.2) is 18.2 Å². The van der Waals surface area contributed by atoms with Gasteiger partial charge in [0.1, 0.15) is 11.4 Å². The number of hydrogen-bond acceptors (Lipinski definition) is 5. The molecular weight excluding hydrogens is 281 g/mol. The van der Waals surface area contributed by atoms with Crippen LogP contribution in [0.25, 0.3) is 0 Å². The maximum absolute atomic E-state index is 13.1. The van der Waals surface area contributed by atoms with Crippen molar-refractivity contribution in [3.8, 4) is 0 Å². The highest BCUT2D eigenvalue weighted by atomic mass is 19.1. The van der Waals surface area contributed by atoms with E-state index in [0.717, 1.165) is 18.2 Å². The Kier molecular flexibility index (Phi) is 4.49. The Labute approximate surface area is 120 Å². The number of nitrogens with two attached hydrogens (primary N) is 1. The molecule has 0 aromatic heterocycles. The summed E-state index contributed by atoms with van der Waals surface area (Å²) in [4.78, 5) is 22.2. The van der Waals surface area contributed by atoms with Crippen molar-refractivity contribution < 1.29 is 18.8 Å². The van der Waals surface area contributed by atoms with Crippen LogP contribution in [0.4, 0.5) is 10.1 Å². The lowest BCUT2D eigenvalue weighted by molar-refractivity contribution is -0.385. The smallest absolute Gasteiger partial charge is 0.285 e. The average Bonchev–Trinajstić information content (AvgIpc) is 2.44. The number of nitro groups is 1. The number of amides is 1. The minimum atomic E-state index is -0.793. The van der Waals surface area contributed by atoms with Gasteiger partial charge in [-0.25, -0.2) is 4.39 Å². The first-order chi connectivity index (χ1) is 9.93. The molecule has 1 aliphatic carbocycles. The fourth-order valence-electron chi connectivity index (χ4n) is 2.30. The largest absolute Gasteiger partial charge is 0.376 e. The number of nitrogens with one attached hydrogen (secondary N) is 1. The summed E-state index contributed by atoms with van der Waals surface area (Å²) < 4.78 is 18.5. The molecule has 114 valence electrons. The maximum atomic E-state index is 13.1. The second-order valence-corrected chi connectivity index (χ2v) is 4.81. The number of nitrogens with zero attached hydrogens (tertiary/aromatic N) is 1. The first-order valence-corrected chi connectivity index (χ1v) is 6.56. The Bertz CT molecular complexity index is 564. The summed E-state index contributed by atoms with van der Waals surface area (Å²) in [5.74, 6) is -1.43. The Morgan fingerprint density at radius 3 is 2.90 bits per heavy atom. The molecule has 1 fully saturated rings. The van der Waals surface area contributed by atoms with E-state index in [1.165, 1.54) is 0 Å².